The Morgan fingerprint density at radius 3 is 3.18 bits per heavy atom. The van der Waals surface area contributed by atoms with E-state index in [1.165, 1.54) is 0 Å². The van der Waals surface area contributed by atoms with E-state index < -0.39 is 0 Å². The standard InChI is InChI=1S/C7H8N4/c8-4-2-1-3-6-5-7(9)11-10-6/h1,3,5H,2H2,(H3,9,10,11). The molecule has 0 aliphatic carbocycles. The zero-order valence-electron chi connectivity index (χ0n) is 5.91. The van der Waals surface area contributed by atoms with E-state index in [0.29, 0.717) is 12.2 Å². The molecule has 1 rings (SSSR count). The predicted molar refractivity (Wildman–Crippen MR) is 42.3 cm³/mol. The minimum absolute atomic E-state index is 0.402. The van der Waals surface area contributed by atoms with Crippen LogP contribution in [0.2, 0.25) is 0 Å². The molecule has 11 heavy (non-hydrogen) atoms. The van der Waals surface area contributed by atoms with Gasteiger partial charge < -0.3 is 5.73 Å². The number of rotatable bonds is 2. The first-order valence-electron chi connectivity index (χ1n) is 3.17. The molecule has 0 aromatic carbocycles. The summed E-state index contributed by atoms with van der Waals surface area (Å²) in [5.74, 6) is 0.460. The van der Waals surface area contributed by atoms with E-state index in [1.807, 2.05) is 6.07 Å². The Labute approximate surface area is 64.3 Å². The molecule has 0 aliphatic rings. The lowest BCUT2D eigenvalue weighted by Gasteiger charge is -1.78. The molecule has 0 radical (unpaired) electrons. The highest BCUT2D eigenvalue weighted by atomic mass is 15.1. The fourth-order valence-corrected chi connectivity index (χ4v) is 0.677. The molecule has 3 N–H and O–H groups in total. The molecule has 1 heterocycles. The minimum Gasteiger partial charge on any atom is -0.382 e. The highest BCUT2D eigenvalue weighted by Crippen LogP contribution is 2.02. The molecule has 4 heteroatoms. The summed E-state index contributed by atoms with van der Waals surface area (Å²) in [4.78, 5) is 0. The summed E-state index contributed by atoms with van der Waals surface area (Å²) >= 11 is 0. The molecule has 0 bridgehead atoms. The van der Waals surface area contributed by atoms with Gasteiger partial charge in [-0.3, -0.25) is 5.10 Å². The van der Waals surface area contributed by atoms with Gasteiger partial charge in [0.15, 0.2) is 0 Å². The van der Waals surface area contributed by atoms with Gasteiger partial charge in [-0.2, -0.15) is 10.4 Å². The monoisotopic (exact) mass is 148 g/mol. The smallest absolute Gasteiger partial charge is 0.145 e. The van der Waals surface area contributed by atoms with Gasteiger partial charge in [0.25, 0.3) is 0 Å². The van der Waals surface area contributed by atoms with Crippen LogP contribution < -0.4 is 5.73 Å². The Bertz CT molecular complexity index is 292. The summed E-state index contributed by atoms with van der Waals surface area (Å²) in [5, 5.41) is 14.6. The zero-order valence-corrected chi connectivity index (χ0v) is 5.91. The zero-order chi connectivity index (χ0) is 8.10. The number of anilines is 1. The van der Waals surface area contributed by atoms with Crippen LogP contribution in [0.4, 0.5) is 5.82 Å². The van der Waals surface area contributed by atoms with Crippen LogP contribution in [-0.2, 0) is 0 Å². The van der Waals surface area contributed by atoms with E-state index in [1.54, 1.807) is 18.2 Å². The van der Waals surface area contributed by atoms with E-state index in [-0.39, 0.29) is 0 Å². The second-order valence-corrected chi connectivity index (χ2v) is 2.01. The van der Waals surface area contributed by atoms with Gasteiger partial charge in [-0.15, -0.1) is 0 Å². The van der Waals surface area contributed by atoms with E-state index in [2.05, 4.69) is 10.2 Å². The summed E-state index contributed by atoms with van der Waals surface area (Å²) in [5.41, 5.74) is 6.16. The van der Waals surface area contributed by atoms with Crippen LogP contribution in [0.3, 0.4) is 0 Å². The summed E-state index contributed by atoms with van der Waals surface area (Å²) in [7, 11) is 0. The van der Waals surface area contributed by atoms with Crippen molar-refractivity contribution in [1.29, 1.82) is 5.26 Å². The van der Waals surface area contributed by atoms with Crippen LogP contribution in [0.5, 0.6) is 0 Å². The van der Waals surface area contributed by atoms with Gasteiger partial charge >= 0.3 is 0 Å². The number of nitrogens with one attached hydrogen (secondary N) is 1. The van der Waals surface area contributed by atoms with Crippen molar-refractivity contribution in [3.05, 3.63) is 17.8 Å². The average Bonchev–Trinajstić information content (AvgIpc) is 2.37. The van der Waals surface area contributed by atoms with Gasteiger partial charge in [-0.05, 0) is 6.08 Å². The summed E-state index contributed by atoms with van der Waals surface area (Å²) in [6, 6.07) is 3.69. The maximum absolute atomic E-state index is 8.20. The first-order chi connectivity index (χ1) is 5.33. The maximum Gasteiger partial charge on any atom is 0.145 e. The Morgan fingerprint density at radius 2 is 2.64 bits per heavy atom. The first kappa shape index (κ1) is 7.35. The molecule has 0 amide bonds. The van der Waals surface area contributed by atoms with Crippen molar-refractivity contribution in [2.45, 2.75) is 6.42 Å². The lowest BCUT2D eigenvalue weighted by molar-refractivity contribution is 1.09. The van der Waals surface area contributed by atoms with Gasteiger partial charge in [0, 0.05) is 6.07 Å². The normalized spacial score (nSPS) is 10.1. The highest BCUT2D eigenvalue weighted by Gasteiger charge is 1.89. The molecule has 0 atom stereocenters. The highest BCUT2D eigenvalue weighted by molar-refractivity contribution is 5.48. The molecule has 0 saturated heterocycles. The van der Waals surface area contributed by atoms with E-state index in [0.717, 1.165) is 5.69 Å². The van der Waals surface area contributed by atoms with Crippen molar-refractivity contribution in [3.63, 3.8) is 0 Å². The molecular weight excluding hydrogens is 140 g/mol. The fourth-order valence-electron chi connectivity index (χ4n) is 0.677. The topological polar surface area (TPSA) is 78.5 Å². The van der Waals surface area contributed by atoms with Crippen LogP contribution in [0.25, 0.3) is 6.08 Å². The SMILES string of the molecule is N#CCC=Cc1cc(N)n[nH]1. The lowest BCUT2D eigenvalue weighted by atomic mass is 10.3. The predicted octanol–water partition coefficient (Wildman–Crippen LogP) is 0.919. The number of aromatic nitrogens is 2. The summed E-state index contributed by atoms with van der Waals surface area (Å²) in [6.45, 7) is 0. The van der Waals surface area contributed by atoms with E-state index >= 15 is 0 Å². The minimum atomic E-state index is 0.402. The molecule has 4 nitrogen and oxygen atoms in total. The number of aromatic amines is 1. The number of H-pyrrole nitrogens is 1. The molecule has 1 aromatic heterocycles. The third-order valence-electron chi connectivity index (χ3n) is 1.12. The third kappa shape index (κ3) is 2.14. The van der Waals surface area contributed by atoms with Crippen molar-refractivity contribution in [3.8, 4) is 6.07 Å². The Kier molecular flexibility index (Phi) is 2.28. The van der Waals surface area contributed by atoms with Crippen LogP contribution in [0.15, 0.2) is 12.1 Å². The summed E-state index contributed by atoms with van der Waals surface area (Å²) < 4.78 is 0. The molecule has 0 spiro atoms. The number of nitriles is 1. The van der Waals surface area contributed by atoms with Crippen molar-refractivity contribution in [1.82, 2.24) is 10.2 Å². The van der Waals surface area contributed by atoms with Gasteiger partial charge in [0.1, 0.15) is 5.82 Å². The summed E-state index contributed by atoms with van der Waals surface area (Å²) in [6.07, 6.45) is 3.92. The van der Waals surface area contributed by atoms with Crippen molar-refractivity contribution < 1.29 is 0 Å². The van der Waals surface area contributed by atoms with Crippen LogP contribution in [0.1, 0.15) is 12.1 Å². The largest absolute Gasteiger partial charge is 0.382 e. The third-order valence-corrected chi connectivity index (χ3v) is 1.12. The first-order valence-corrected chi connectivity index (χ1v) is 3.17. The van der Waals surface area contributed by atoms with Crippen LogP contribution in [-0.4, -0.2) is 10.2 Å². The maximum atomic E-state index is 8.20. The van der Waals surface area contributed by atoms with Crippen molar-refractivity contribution >= 4 is 11.9 Å². The fraction of sp³-hybridized carbons (Fsp3) is 0.143. The quantitative estimate of drug-likeness (QED) is 0.654. The second kappa shape index (κ2) is 3.42. The average molecular weight is 148 g/mol. The lowest BCUT2D eigenvalue weighted by Crippen LogP contribution is -1.81. The van der Waals surface area contributed by atoms with Gasteiger partial charge in [-0.25, -0.2) is 0 Å². The number of nitrogen functional groups attached to an aromatic ring is 1. The molecule has 0 saturated carbocycles. The van der Waals surface area contributed by atoms with Crippen molar-refractivity contribution in [2.24, 2.45) is 0 Å². The molecule has 0 unspecified atom stereocenters. The number of nitrogens with two attached hydrogens (primary N) is 1. The Hall–Kier alpha value is -1.76. The molecule has 56 valence electrons. The Balaban J connectivity index is 2.58. The molecule has 0 aliphatic heterocycles. The second-order valence-electron chi connectivity index (χ2n) is 2.01. The number of nitrogens with zero attached hydrogens (tertiary/aromatic N) is 2. The number of hydrogen-bond donors (Lipinski definition) is 2. The Morgan fingerprint density at radius 1 is 1.82 bits per heavy atom. The van der Waals surface area contributed by atoms with E-state index in [4.69, 9.17) is 11.0 Å². The van der Waals surface area contributed by atoms with Crippen molar-refractivity contribution in [2.75, 3.05) is 5.73 Å². The number of allylic oxidation sites excluding steroid dienone is 1. The molecule has 1 aromatic rings. The molecular formula is C7H8N4. The number of hydrogen-bond acceptors (Lipinski definition) is 3. The van der Waals surface area contributed by atoms with Gasteiger partial charge in [-0.1, -0.05) is 6.08 Å². The van der Waals surface area contributed by atoms with Crippen LogP contribution in [0, 0.1) is 11.3 Å². The van der Waals surface area contributed by atoms with E-state index in [9.17, 15) is 0 Å². The van der Waals surface area contributed by atoms with Gasteiger partial charge in [0.2, 0.25) is 0 Å². The van der Waals surface area contributed by atoms with Crippen LogP contribution >= 0.6 is 0 Å². The van der Waals surface area contributed by atoms with Gasteiger partial charge in [0.05, 0.1) is 18.2 Å². The molecule has 0 fully saturated rings.